The Morgan fingerprint density at radius 1 is 0.550 bits per heavy atom. The predicted molar refractivity (Wildman–Crippen MR) is 369 cm³/mol. The van der Waals surface area contributed by atoms with Gasteiger partial charge in [-0.3, -0.25) is 29.7 Å². The molecule has 3 fully saturated rings. The van der Waals surface area contributed by atoms with E-state index in [-0.39, 0.29) is 81.9 Å². The van der Waals surface area contributed by atoms with Gasteiger partial charge in [-0.05, 0) is 48.9 Å². The lowest BCUT2D eigenvalue weighted by Crippen LogP contribution is -2.48. The summed E-state index contributed by atoms with van der Waals surface area (Å²) >= 11 is 26.5. The van der Waals surface area contributed by atoms with Crippen LogP contribution in [0.3, 0.4) is 0 Å². The van der Waals surface area contributed by atoms with Gasteiger partial charge in [0.15, 0.2) is 50.8 Å². The number of carbonyl (C=O) groups is 6. The van der Waals surface area contributed by atoms with Gasteiger partial charge in [-0.1, -0.05) is 68.9 Å². The van der Waals surface area contributed by atoms with Crippen LogP contribution >= 0.6 is 84.7 Å². The van der Waals surface area contributed by atoms with E-state index in [2.05, 4.69) is 51.8 Å². The highest BCUT2D eigenvalue weighted by Gasteiger charge is 2.40. The molecule has 6 unspecified atom stereocenters. The first-order valence-corrected chi connectivity index (χ1v) is 35.0. The lowest BCUT2D eigenvalue weighted by Gasteiger charge is -2.34. The van der Waals surface area contributed by atoms with Crippen molar-refractivity contribution in [3.05, 3.63) is 186 Å². The highest BCUT2D eigenvalue weighted by molar-refractivity contribution is 9.10. The number of hydrogen-bond donors (Lipinski definition) is 6. The number of halogens is 6. The van der Waals surface area contributed by atoms with E-state index in [4.69, 9.17) is 73.2 Å². The number of ether oxygens (including phenoxy) is 6. The molecular formula is C64H62BrCl3F2N12O15S3. The topological polar surface area (TPSA) is 340 Å². The highest BCUT2D eigenvalue weighted by Crippen LogP contribution is 2.41. The van der Waals surface area contributed by atoms with Gasteiger partial charge in [0.25, 0.3) is 0 Å². The maximum Gasteiger partial charge on any atom is 0.338 e. The van der Waals surface area contributed by atoms with Gasteiger partial charge >= 0.3 is 35.8 Å². The number of amidine groups is 3. The number of hydrogen-bond acceptors (Lipinski definition) is 27. The number of carboxylic acids is 3. The first kappa shape index (κ1) is 74.7. The second-order valence-corrected chi connectivity index (χ2v) is 27.0. The molecule has 0 bridgehead atoms. The van der Waals surface area contributed by atoms with Gasteiger partial charge < -0.3 is 59.7 Å². The summed E-state index contributed by atoms with van der Waals surface area (Å²) in [7, 11) is 2.53. The number of nitrogens with zero attached hydrogens (tertiary/aromatic N) is 9. The number of aromatic nitrogens is 3. The largest absolute Gasteiger partial charge is 0.479 e. The SMILES string of the molecule is CCOC(=O)C1=C(CN2CCOC(C(=O)O)C2)NC(c2nccs2)=NC1c1ccc(Cl)cc1Cl.COC(=O)C1=C(CN2CCOC(C(=O)O)C2)NC(c2nccs2)=NC1c1ccc(F)cc1Br.COC(=O)C1=C(CN2CCOC(C(=O)O)C2)NC(c2nccs2)=NC1c1ccc(F)cc1Cl. The third-order valence-electron chi connectivity index (χ3n) is 15.8. The molecule has 528 valence electrons. The normalized spacial score (nSPS) is 21.3. The number of methoxy groups -OCH3 is 2. The van der Waals surface area contributed by atoms with E-state index in [1.54, 1.807) is 60.5 Å². The molecule has 6 aliphatic heterocycles. The fourth-order valence-electron chi connectivity index (χ4n) is 11.2. The quantitative estimate of drug-likeness (QED) is 0.0333. The molecule has 9 heterocycles. The van der Waals surface area contributed by atoms with E-state index in [9.17, 15) is 52.9 Å². The maximum atomic E-state index is 13.8. The van der Waals surface area contributed by atoms with Crippen LogP contribution in [-0.4, -0.2) is 216 Å². The summed E-state index contributed by atoms with van der Waals surface area (Å²) < 4.78 is 59.4. The first-order valence-electron chi connectivity index (χ1n) is 30.4. The van der Waals surface area contributed by atoms with Gasteiger partial charge in [-0.15, -0.1) is 34.0 Å². The molecule has 3 aromatic carbocycles. The smallest absolute Gasteiger partial charge is 0.338 e. The predicted octanol–water partition coefficient (Wildman–Crippen LogP) is 7.73. The van der Waals surface area contributed by atoms with Crippen LogP contribution in [0.5, 0.6) is 0 Å². The Bertz CT molecular complexity index is 4050. The minimum absolute atomic E-state index is 0.113. The van der Waals surface area contributed by atoms with Crippen LogP contribution in [0.15, 0.2) is 143 Å². The number of nitrogens with one attached hydrogen (secondary N) is 3. The maximum absolute atomic E-state index is 13.8. The number of benzene rings is 3. The third-order valence-corrected chi connectivity index (χ3v) is 19.7. The molecule has 3 aromatic heterocycles. The summed E-state index contributed by atoms with van der Waals surface area (Å²) in [4.78, 5) is 106. The zero-order chi connectivity index (χ0) is 71.3. The fourth-order valence-corrected chi connectivity index (χ4v) is 14.3. The van der Waals surface area contributed by atoms with Gasteiger partial charge in [0.05, 0.1) is 57.4 Å². The molecule has 6 aliphatic rings. The van der Waals surface area contributed by atoms with Crippen molar-refractivity contribution in [2.45, 2.75) is 43.4 Å². The molecule has 6 N–H and O–H groups in total. The Balaban J connectivity index is 0.000000162. The zero-order valence-corrected chi connectivity index (χ0v) is 59.4. The van der Waals surface area contributed by atoms with Crippen LogP contribution < -0.4 is 16.0 Å². The molecule has 27 nitrogen and oxygen atoms in total. The molecule has 6 atom stereocenters. The number of aliphatic imine (C=N–C) groups is 3. The Hall–Kier alpha value is -8.03. The van der Waals surface area contributed by atoms with E-state index in [1.165, 1.54) is 72.5 Å². The van der Waals surface area contributed by atoms with Gasteiger partial charge in [0.1, 0.15) is 29.8 Å². The molecule has 12 rings (SSSR count). The monoisotopic (exact) mass is 1560 g/mol. The number of morpholine rings is 3. The second kappa shape index (κ2) is 34.6. The first-order chi connectivity index (χ1) is 48.1. The van der Waals surface area contributed by atoms with Crippen molar-refractivity contribution >= 4 is 138 Å². The summed E-state index contributed by atoms with van der Waals surface area (Å²) in [6, 6.07) is 10.6. The number of carbonyl (C=O) groups excluding carboxylic acids is 3. The van der Waals surface area contributed by atoms with Crippen molar-refractivity contribution in [2.75, 3.05) is 99.5 Å². The molecule has 0 saturated carbocycles. The summed E-state index contributed by atoms with van der Waals surface area (Å²) in [5.74, 6) is -4.48. The van der Waals surface area contributed by atoms with E-state index in [1.807, 2.05) is 20.1 Å². The van der Waals surface area contributed by atoms with E-state index in [0.29, 0.717) is 106 Å². The molecule has 100 heavy (non-hydrogen) atoms. The molecule has 3 saturated heterocycles. The van der Waals surface area contributed by atoms with Crippen molar-refractivity contribution in [3.8, 4) is 0 Å². The number of carboxylic acid groups (broad SMARTS) is 3. The van der Waals surface area contributed by atoms with Crippen LogP contribution in [0.4, 0.5) is 8.78 Å². The number of esters is 3. The number of aliphatic carboxylic acids is 3. The van der Waals surface area contributed by atoms with Gasteiger partial charge in [-0.2, -0.15) is 0 Å². The minimum Gasteiger partial charge on any atom is -0.479 e. The zero-order valence-electron chi connectivity index (χ0n) is 53.1. The van der Waals surface area contributed by atoms with Crippen LogP contribution in [-0.2, 0) is 57.2 Å². The van der Waals surface area contributed by atoms with Crippen LogP contribution in [0, 0.1) is 11.6 Å². The van der Waals surface area contributed by atoms with Gasteiger partial charge in [0, 0.05) is 141 Å². The fraction of sp³-hybridized carbons (Fsp3) is 0.344. The third kappa shape index (κ3) is 18.4. The average Bonchev–Trinajstić information content (AvgIpc) is 1.09. The Morgan fingerprint density at radius 2 is 0.910 bits per heavy atom. The lowest BCUT2D eigenvalue weighted by atomic mass is 9.95. The number of rotatable bonds is 19. The Labute approximate surface area is 604 Å². The van der Waals surface area contributed by atoms with Gasteiger partial charge in [0.2, 0.25) is 0 Å². The Kier molecular flexibility index (Phi) is 25.8. The van der Waals surface area contributed by atoms with Crippen molar-refractivity contribution < 1.29 is 81.3 Å². The molecule has 6 aromatic rings. The highest BCUT2D eigenvalue weighted by atomic mass is 79.9. The molecule has 0 aliphatic carbocycles. The molecule has 0 radical (unpaired) electrons. The summed E-state index contributed by atoms with van der Waals surface area (Å²) in [6.45, 7) is 5.27. The lowest BCUT2D eigenvalue weighted by molar-refractivity contribution is -0.156. The molecule has 36 heteroatoms. The summed E-state index contributed by atoms with van der Waals surface area (Å²) in [5, 5.41) is 45.9. The van der Waals surface area contributed by atoms with Crippen LogP contribution in [0.1, 0.15) is 56.8 Å². The average molecular weight is 1560 g/mol. The summed E-state index contributed by atoms with van der Waals surface area (Å²) in [5.41, 5.74) is 3.87. The van der Waals surface area contributed by atoms with E-state index >= 15 is 0 Å². The van der Waals surface area contributed by atoms with E-state index in [0.717, 1.165) is 6.07 Å². The van der Waals surface area contributed by atoms with Crippen molar-refractivity contribution in [3.63, 3.8) is 0 Å². The van der Waals surface area contributed by atoms with Gasteiger partial charge in [-0.25, -0.2) is 52.5 Å². The Morgan fingerprint density at radius 3 is 1.25 bits per heavy atom. The van der Waals surface area contributed by atoms with Crippen molar-refractivity contribution in [1.29, 1.82) is 0 Å². The molecule has 0 amide bonds. The van der Waals surface area contributed by atoms with Crippen molar-refractivity contribution in [1.82, 2.24) is 45.6 Å². The second-order valence-electron chi connectivity index (χ2n) is 22.2. The van der Waals surface area contributed by atoms with Crippen LogP contribution in [0.2, 0.25) is 15.1 Å². The van der Waals surface area contributed by atoms with Crippen LogP contribution in [0.25, 0.3) is 0 Å². The van der Waals surface area contributed by atoms with E-state index < -0.39 is 83.9 Å². The minimum atomic E-state index is -1.06. The summed E-state index contributed by atoms with van der Waals surface area (Å²) in [6.07, 6.45) is 2.06. The molecule has 0 spiro atoms. The standard InChI is InChI=1S/C22H22Cl2N4O5S.C21H20BrFN4O5S.C21H20ClFN4O5S/c1-2-32-22(31)17-15(10-28-6-7-33-16(11-28)21(29)30)26-19(20-25-5-8-34-20)27-18(17)13-4-3-12(23)9-14(13)24;2*1-31-21(30)16-14(9-27-5-6-32-15(10-27)20(28)29)25-18(19-24-4-7-33-19)26-17(16)12-3-2-11(23)8-13(12)22/h3-5,8-9,16,18H,2,6-7,10-11H2,1H3,(H,26,27)(H,29,30);2*2-4,7-8,15,17H,5-6,9-10H2,1H3,(H,25,26)(H,28,29). The van der Waals surface area contributed by atoms with Crippen molar-refractivity contribution in [2.24, 2.45) is 15.0 Å². The number of thiazole rings is 3. The molecular weight excluding hydrogens is 1500 g/mol.